The van der Waals surface area contributed by atoms with E-state index < -0.39 is 0 Å². The van der Waals surface area contributed by atoms with Gasteiger partial charge in [0.05, 0.1) is 12.0 Å². The van der Waals surface area contributed by atoms with Crippen molar-refractivity contribution in [1.29, 1.82) is 0 Å². The second kappa shape index (κ2) is 6.06. The molecule has 3 fully saturated rings. The number of hydrogen-bond donors (Lipinski definition) is 2. The molecule has 0 unspecified atom stereocenters. The summed E-state index contributed by atoms with van der Waals surface area (Å²) in [6.45, 7) is 5.08. The second-order valence-electron chi connectivity index (χ2n) is 6.48. The molecule has 0 radical (unpaired) electrons. The van der Waals surface area contributed by atoms with Crippen molar-refractivity contribution in [2.75, 3.05) is 11.9 Å². The fraction of sp³-hybridized carbons (Fsp3) is 0.588. The van der Waals surface area contributed by atoms with Crippen LogP contribution in [0.3, 0.4) is 0 Å². The standard InChI is InChI=1S/C17H24N2O2/c1-11(2)21-14-6-4-13(5-7-14)19-17(20)15-9-12-3-8-16(15)18-10-12/h4-7,11-12,15-16,18H,3,8-10H2,1-2H3,(H,19,20)/t12-,15+,16+/m0/s1. The molecule has 2 heterocycles. The zero-order valence-corrected chi connectivity index (χ0v) is 12.8. The topological polar surface area (TPSA) is 50.4 Å². The Balaban J connectivity index is 1.59. The van der Waals surface area contributed by atoms with E-state index in [1.807, 2.05) is 38.1 Å². The van der Waals surface area contributed by atoms with E-state index in [0.717, 1.165) is 30.8 Å². The predicted octanol–water partition coefficient (Wildman–Crippen LogP) is 2.80. The maximum absolute atomic E-state index is 12.4. The number of rotatable bonds is 4. The van der Waals surface area contributed by atoms with Crippen LogP contribution in [-0.4, -0.2) is 24.6 Å². The van der Waals surface area contributed by atoms with E-state index in [0.29, 0.717) is 12.0 Å². The van der Waals surface area contributed by atoms with Crippen molar-refractivity contribution in [2.45, 2.75) is 45.3 Å². The summed E-state index contributed by atoms with van der Waals surface area (Å²) in [4.78, 5) is 12.4. The first-order chi connectivity index (χ1) is 10.1. The molecule has 1 aromatic rings. The molecule has 4 rings (SSSR count). The van der Waals surface area contributed by atoms with Gasteiger partial charge in [-0.2, -0.15) is 0 Å². The lowest BCUT2D eigenvalue weighted by Crippen LogP contribution is -2.53. The SMILES string of the molecule is CC(C)Oc1ccc(NC(=O)[C@@H]2C[C@@H]3CC[C@H]2NC3)cc1. The predicted molar refractivity (Wildman–Crippen MR) is 83.5 cm³/mol. The number of benzene rings is 1. The van der Waals surface area contributed by atoms with Crippen molar-refractivity contribution < 1.29 is 9.53 Å². The zero-order chi connectivity index (χ0) is 14.8. The number of amides is 1. The van der Waals surface area contributed by atoms with E-state index in [-0.39, 0.29) is 17.9 Å². The van der Waals surface area contributed by atoms with Crippen molar-refractivity contribution in [2.24, 2.45) is 11.8 Å². The molecule has 114 valence electrons. The molecule has 3 atom stereocenters. The lowest BCUT2D eigenvalue weighted by atomic mass is 9.73. The van der Waals surface area contributed by atoms with Gasteiger partial charge in [0.25, 0.3) is 0 Å². The van der Waals surface area contributed by atoms with Crippen molar-refractivity contribution in [1.82, 2.24) is 5.32 Å². The van der Waals surface area contributed by atoms with Crippen LogP contribution in [0.5, 0.6) is 5.75 Å². The average molecular weight is 288 g/mol. The van der Waals surface area contributed by atoms with Crippen molar-refractivity contribution in [3.05, 3.63) is 24.3 Å². The fourth-order valence-electron chi connectivity index (χ4n) is 3.42. The highest BCUT2D eigenvalue weighted by atomic mass is 16.5. The summed E-state index contributed by atoms with van der Waals surface area (Å²) >= 11 is 0. The van der Waals surface area contributed by atoms with Gasteiger partial charge in [-0.1, -0.05) is 0 Å². The molecule has 2 saturated heterocycles. The third-order valence-electron chi connectivity index (χ3n) is 4.46. The molecule has 0 spiro atoms. The maximum Gasteiger partial charge on any atom is 0.229 e. The van der Waals surface area contributed by atoms with Crippen LogP contribution in [0.25, 0.3) is 0 Å². The average Bonchev–Trinajstić information content (AvgIpc) is 2.50. The van der Waals surface area contributed by atoms with Gasteiger partial charge in [0.2, 0.25) is 5.91 Å². The Hall–Kier alpha value is -1.55. The smallest absolute Gasteiger partial charge is 0.229 e. The highest BCUT2D eigenvalue weighted by molar-refractivity contribution is 5.93. The van der Waals surface area contributed by atoms with Gasteiger partial charge in [0, 0.05) is 11.7 Å². The molecule has 4 heteroatoms. The number of nitrogens with one attached hydrogen (secondary N) is 2. The normalized spacial score (nSPS) is 27.7. The van der Waals surface area contributed by atoms with Gasteiger partial charge >= 0.3 is 0 Å². The second-order valence-corrected chi connectivity index (χ2v) is 6.48. The molecule has 1 saturated carbocycles. The van der Waals surface area contributed by atoms with Gasteiger partial charge in [-0.15, -0.1) is 0 Å². The van der Waals surface area contributed by atoms with E-state index in [1.54, 1.807) is 0 Å². The van der Waals surface area contributed by atoms with E-state index in [9.17, 15) is 4.79 Å². The van der Waals surface area contributed by atoms with Gasteiger partial charge < -0.3 is 15.4 Å². The molecule has 1 aliphatic carbocycles. The van der Waals surface area contributed by atoms with Gasteiger partial charge in [-0.05, 0) is 69.8 Å². The third kappa shape index (κ3) is 3.38. The first-order valence-corrected chi connectivity index (χ1v) is 7.93. The van der Waals surface area contributed by atoms with Crippen molar-refractivity contribution in [3.8, 4) is 5.75 Å². The van der Waals surface area contributed by atoms with Crippen LogP contribution in [0.4, 0.5) is 5.69 Å². The van der Waals surface area contributed by atoms with Crippen LogP contribution in [-0.2, 0) is 4.79 Å². The highest BCUT2D eigenvalue weighted by Crippen LogP contribution is 2.34. The molecule has 1 aromatic carbocycles. The van der Waals surface area contributed by atoms with Gasteiger partial charge in [0.15, 0.2) is 0 Å². The summed E-state index contributed by atoms with van der Waals surface area (Å²) in [5, 5.41) is 6.53. The van der Waals surface area contributed by atoms with E-state index in [1.165, 1.54) is 6.42 Å². The molecule has 2 bridgehead atoms. The summed E-state index contributed by atoms with van der Waals surface area (Å²) in [6, 6.07) is 7.98. The number of piperidine rings is 2. The summed E-state index contributed by atoms with van der Waals surface area (Å²) in [7, 11) is 0. The zero-order valence-electron chi connectivity index (χ0n) is 12.8. The molecule has 1 amide bonds. The number of hydrogen-bond acceptors (Lipinski definition) is 3. The Bertz CT molecular complexity index is 490. The first-order valence-electron chi connectivity index (χ1n) is 7.93. The Morgan fingerprint density at radius 2 is 2.05 bits per heavy atom. The lowest BCUT2D eigenvalue weighted by Gasteiger charge is -2.42. The van der Waals surface area contributed by atoms with Crippen LogP contribution >= 0.6 is 0 Å². The van der Waals surface area contributed by atoms with Gasteiger partial charge in [-0.25, -0.2) is 0 Å². The number of ether oxygens (including phenoxy) is 1. The van der Waals surface area contributed by atoms with E-state index in [2.05, 4.69) is 10.6 Å². The minimum atomic E-state index is 0.115. The fourth-order valence-corrected chi connectivity index (χ4v) is 3.42. The quantitative estimate of drug-likeness (QED) is 0.895. The molecule has 21 heavy (non-hydrogen) atoms. The van der Waals surface area contributed by atoms with Crippen LogP contribution in [0.15, 0.2) is 24.3 Å². The van der Waals surface area contributed by atoms with Crippen LogP contribution in [0, 0.1) is 11.8 Å². The first kappa shape index (κ1) is 14.4. The summed E-state index contributed by atoms with van der Waals surface area (Å²) < 4.78 is 5.61. The number of fused-ring (bicyclic) bond motifs is 3. The highest BCUT2D eigenvalue weighted by Gasteiger charge is 2.39. The number of carbonyl (C=O) groups excluding carboxylic acids is 1. The summed E-state index contributed by atoms with van der Waals surface area (Å²) in [5.41, 5.74) is 0.845. The van der Waals surface area contributed by atoms with Gasteiger partial charge in [-0.3, -0.25) is 4.79 Å². The Morgan fingerprint density at radius 3 is 2.57 bits per heavy atom. The largest absolute Gasteiger partial charge is 0.491 e. The molecule has 3 aliphatic rings. The molecule has 2 aliphatic heterocycles. The van der Waals surface area contributed by atoms with Crippen LogP contribution in [0.1, 0.15) is 33.1 Å². The van der Waals surface area contributed by atoms with Crippen molar-refractivity contribution >= 4 is 11.6 Å². The third-order valence-corrected chi connectivity index (χ3v) is 4.46. The molecule has 4 nitrogen and oxygen atoms in total. The maximum atomic E-state index is 12.4. The Kier molecular flexibility index (Phi) is 4.15. The molecular weight excluding hydrogens is 264 g/mol. The van der Waals surface area contributed by atoms with Crippen LogP contribution < -0.4 is 15.4 Å². The van der Waals surface area contributed by atoms with Crippen molar-refractivity contribution in [3.63, 3.8) is 0 Å². The molecule has 0 aromatic heterocycles. The van der Waals surface area contributed by atoms with E-state index >= 15 is 0 Å². The summed E-state index contributed by atoms with van der Waals surface area (Å²) in [6.07, 6.45) is 3.58. The number of anilines is 1. The summed E-state index contributed by atoms with van der Waals surface area (Å²) in [5.74, 6) is 1.77. The van der Waals surface area contributed by atoms with Crippen LogP contribution in [0.2, 0.25) is 0 Å². The number of carbonyl (C=O) groups is 1. The minimum absolute atomic E-state index is 0.115. The molecular formula is C17H24N2O2. The molecule has 2 N–H and O–H groups in total. The Morgan fingerprint density at radius 1 is 1.29 bits per heavy atom. The lowest BCUT2D eigenvalue weighted by molar-refractivity contribution is -0.123. The minimum Gasteiger partial charge on any atom is -0.491 e. The Labute approximate surface area is 126 Å². The van der Waals surface area contributed by atoms with Gasteiger partial charge in [0.1, 0.15) is 5.75 Å². The monoisotopic (exact) mass is 288 g/mol. The van der Waals surface area contributed by atoms with E-state index in [4.69, 9.17) is 4.74 Å².